The number of aryl methyl sites for hydroxylation is 1. The summed E-state index contributed by atoms with van der Waals surface area (Å²) >= 11 is 5.15. The van der Waals surface area contributed by atoms with E-state index in [1.165, 1.54) is 12.1 Å². The summed E-state index contributed by atoms with van der Waals surface area (Å²) in [5.74, 6) is -1.58. The lowest BCUT2D eigenvalue weighted by Gasteiger charge is -2.08. The van der Waals surface area contributed by atoms with Crippen molar-refractivity contribution in [1.82, 2.24) is 20.1 Å². The van der Waals surface area contributed by atoms with Crippen molar-refractivity contribution in [3.05, 3.63) is 46.0 Å². The number of hydrogen-bond donors (Lipinski definition) is 2. The molecule has 24 heavy (non-hydrogen) atoms. The van der Waals surface area contributed by atoms with E-state index in [2.05, 4.69) is 15.5 Å². The zero-order valence-electron chi connectivity index (χ0n) is 13.2. The predicted octanol–water partition coefficient (Wildman–Crippen LogP) is 2.70. The van der Waals surface area contributed by atoms with Gasteiger partial charge in [0.05, 0.1) is 0 Å². The standard InChI is InChI=1S/C16H18F2N4OS/c1-2-13-20-21-16(24)22(13)7-6-19-15(23)11-8-10(11)9-4-3-5-12(17)14(9)18/h3-5,10-11H,2,6-8H2,1H3,(H,19,23)(H,21,24)/t10-,11-/m0/s1. The number of nitrogens with zero attached hydrogens (tertiary/aromatic N) is 2. The molecule has 0 radical (unpaired) electrons. The van der Waals surface area contributed by atoms with Gasteiger partial charge in [0.2, 0.25) is 5.91 Å². The van der Waals surface area contributed by atoms with Gasteiger partial charge in [-0.05, 0) is 36.2 Å². The third-order valence-corrected chi connectivity index (χ3v) is 4.61. The maximum absolute atomic E-state index is 13.8. The largest absolute Gasteiger partial charge is 0.354 e. The van der Waals surface area contributed by atoms with E-state index in [4.69, 9.17) is 12.2 Å². The van der Waals surface area contributed by atoms with E-state index < -0.39 is 11.6 Å². The molecule has 8 heteroatoms. The molecular weight excluding hydrogens is 334 g/mol. The molecule has 1 aromatic carbocycles. The Bertz CT molecular complexity index is 817. The maximum atomic E-state index is 13.8. The second kappa shape index (κ2) is 6.80. The number of carbonyl (C=O) groups excluding carboxylic acids is 1. The van der Waals surface area contributed by atoms with Gasteiger partial charge in [0.15, 0.2) is 16.4 Å². The van der Waals surface area contributed by atoms with Crippen LogP contribution < -0.4 is 5.32 Å². The predicted molar refractivity (Wildman–Crippen MR) is 87.0 cm³/mol. The van der Waals surface area contributed by atoms with Gasteiger partial charge in [0.1, 0.15) is 5.82 Å². The first-order valence-electron chi connectivity index (χ1n) is 7.88. The first-order chi connectivity index (χ1) is 11.5. The molecule has 0 spiro atoms. The molecule has 0 aliphatic heterocycles. The maximum Gasteiger partial charge on any atom is 0.223 e. The van der Waals surface area contributed by atoms with Gasteiger partial charge >= 0.3 is 0 Å². The molecule has 0 saturated heterocycles. The zero-order chi connectivity index (χ0) is 17.3. The minimum absolute atomic E-state index is 0.142. The molecule has 3 rings (SSSR count). The molecule has 0 bridgehead atoms. The number of benzene rings is 1. The Morgan fingerprint density at radius 2 is 2.29 bits per heavy atom. The van der Waals surface area contributed by atoms with Crippen molar-refractivity contribution in [1.29, 1.82) is 0 Å². The van der Waals surface area contributed by atoms with Crippen LogP contribution in [0.1, 0.15) is 30.7 Å². The monoisotopic (exact) mass is 352 g/mol. The van der Waals surface area contributed by atoms with Crippen molar-refractivity contribution >= 4 is 18.1 Å². The van der Waals surface area contributed by atoms with Gasteiger partial charge in [-0.25, -0.2) is 8.78 Å². The lowest BCUT2D eigenvalue weighted by atomic mass is 10.1. The Morgan fingerprint density at radius 1 is 1.50 bits per heavy atom. The number of nitrogens with one attached hydrogen (secondary N) is 2. The van der Waals surface area contributed by atoms with Crippen molar-refractivity contribution in [2.45, 2.75) is 32.2 Å². The highest BCUT2D eigenvalue weighted by molar-refractivity contribution is 7.71. The molecule has 0 unspecified atom stereocenters. The summed E-state index contributed by atoms with van der Waals surface area (Å²) in [5.41, 5.74) is 0.278. The number of carbonyl (C=O) groups is 1. The normalized spacial score (nSPS) is 19.3. The number of H-pyrrole nitrogens is 1. The van der Waals surface area contributed by atoms with Gasteiger partial charge in [-0.3, -0.25) is 9.89 Å². The second-order valence-corrected chi connectivity index (χ2v) is 6.22. The lowest BCUT2D eigenvalue weighted by Crippen LogP contribution is -2.29. The minimum atomic E-state index is -0.875. The van der Waals surface area contributed by atoms with Crippen LogP contribution in [-0.2, 0) is 17.8 Å². The molecule has 1 fully saturated rings. The van der Waals surface area contributed by atoms with Gasteiger partial charge in [-0.15, -0.1) is 0 Å². The molecule has 2 N–H and O–H groups in total. The fourth-order valence-corrected chi connectivity index (χ4v) is 3.15. The Kier molecular flexibility index (Phi) is 4.75. The van der Waals surface area contributed by atoms with Crippen LogP contribution in [0.15, 0.2) is 18.2 Å². The molecule has 1 aliphatic carbocycles. The van der Waals surface area contributed by atoms with Crippen LogP contribution in [0.3, 0.4) is 0 Å². The average molecular weight is 352 g/mol. The Balaban J connectivity index is 1.55. The van der Waals surface area contributed by atoms with Crippen LogP contribution in [0.5, 0.6) is 0 Å². The number of aromatic nitrogens is 3. The van der Waals surface area contributed by atoms with E-state index in [1.54, 1.807) is 0 Å². The van der Waals surface area contributed by atoms with Gasteiger partial charge in [0, 0.05) is 25.4 Å². The van der Waals surface area contributed by atoms with Gasteiger partial charge in [-0.2, -0.15) is 5.10 Å². The summed E-state index contributed by atoms with van der Waals surface area (Å²) in [7, 11) is 0. The number of aromatic amines is 1. The van der Waals surface area contributed by atoms with Crippen molar-refractivity contribution < 1.29 is 13.6 Å². The SMILES string of the molecule is CCc1n[nH]c(=S)n1CCNC(=O)[C@H]1C[C@H]1c1cccc(F)c1F. The summed E-state index contributed by atoms with van der Waals surface area (Å²) in [4.78, 5) is 12.2. The van der Waals surface area contributed by atoms with E-state index in [1.807, 2.05) is 11.5 Å². The van der Waals surface area contributed by atoms with E-state index in [0.717, 1.165) is 18.3 Å². The molecule has 1 saturated carbocycles. The molecule has 1 amide bonds. The van der Waals surface area contributed by atoms with E-state index in [0.29, 0.717) is 24.3 Å². The topological polar surface area (TPSA) is 62.7 Å². The Labute approximate surface area is 143 Å². The van der Waals surface area contributed by atoms with Crippen LogP contribution in [0.4, 0.5) is 8.78 Å². The van der Waals surface area contributed by atoms with E-state index >= 15 is 0 Å². The van der Waals surface area contributed by atoms with Crippen LogP contribution >= 0.6 is 12.2 Å². The summed E-state index contributed by atoms with van der Waals surface area (Å²) in [6, 6.07) is 4.08. The van der Waals surface area contributed by atoms with Crippen molar-refractivity contribution in [2.24, 2.45) is 5.92 Å². The molecule has 5 nitrogen and oxygen atoms in total. The number of amides is 1. The molecule has 2 aromatic rings. The molecular formula is C16H18F2N4OS. The first-order valence-corrected chi connectivity index (χ1v) is 8.29. The van der Waals surface area contributed by atoms with Crippen LogP contribution in [-0.4, -0.2) is 27.2 Å². The van der Waals surface area contributed by atoms with Crippen LogP contribution in [0, 0.1) is 22.3 Å². The first kappa shape index (κ1) is 16.8. The van der Waals surface area contributed by atoms with Gasteiger partial charge in [-0.1, -0.05) is 19.1 Å². The fourth-order valence-electron chi connectivity index (χ4n) is 2.91. The Morgan fingerprint density at radius 3 is 3.04 bits per heavy atom. The second-order valence-electron chi connectivity index (χ2n) is 5.83. The average Bonchev–Trinajstić information content (AvgIpc) is 3.28. The fraction of sp³-hybridized carbons (Fsp3) is 0.438. The molecule has 2 atom stereocenters. The van der Waals surface area contributed by atoms with Crippen molar-refractivity contribution in [3.8, 4) is 0 Å². The number of halogens is 2. The minimum Gasteiger partial charge on any atom is -0.354 e. The molecule has 128 valence electrons. The summed E-state index contributed by atoms with van der Waals surface area (Å²) in [6.07, 6.45) is 1.28. The van der Waals surface area contributed by atoms with E-state index in [-0.39, 0.29) is 23.3 Å². The highest BCUT2D eigenvalue weighted by Gasteiger charge is 2.45. The van der Waals surface area contributed by atoms with Gasteiger partial charge in [0.25, 0.3) is 0 Å². The summed E-state index contributed by atoms with van der Waals surface area (Å²) < 4.78 is 29.4. The summed E-state index contributed by atoms with van der Waals surface area (Å²) in [6.45, 7) is 2.91. The third kappa shape index (κ3) is 3.24. The zero-order valence-corrected chi connectivity index (χ0v) is 14.0. The van der Waals surface area contributed by atoms with Crippen LogP contribution in [0.25, 0.3) is 0 Å². The number of rotatable bonds is 6. The van der Waals surface area contributed by atoms with Crippen molar-refractivity contribution in [3.63, 3.8) is 0 Å². The molecule has 1 aliphatic rings. The number of hydrogen-bond acceptors (Lipinski definition) is 3. The smallest absolute Gasteiger partial charge is 0.223 e. The van der Waals surface area contributed by atoms with Crippen molar-refractivity contribution in [2.75, 3.05) is 6.54 Å². The summed E-state index contributed by atoms with van der Waals surface area (Å²) in [5, 5.41) is 9.66. The lowest BCUT2D eigenvalue weighted by molar-refractivity contribution is -0.122. The molecule has 1 heterocycles. The highest BCUT2D eigenvalue weighted by Crippen LogP contribution is 2.48. The van der Waals surface area contributed by atoms with E-state index in [9.17, 15) is 13.6 Å². The highest BCUT2D eigenvalue weighted by atomic mass is 32.1. The van der Waals surface area contributed by atoms with Gasteiger partial charge < -0.3 is 9.88 Å². The molecule has 1 aromatic heterocycles. The third-order valence-electron chi connectivity index (χ3n) is 4.30. The Hall–Kier alpha value is -2.09. The van der Waals surface area contributed by atoms with Crippen LogP contribution in [0.2, 0.25) is 0 Å². The quantitative estimate of drug-likeness (QED) is 0.786.